The number of ether oxygens (including phenoxy) is 2. The maximum absolute atomic E-state index is 13.9. The van der Waals surface area contributed by atoms with Crippen molar-refractivity contribution in [2.75, 3.05) is 13.6 Å². The number of carbonyl (C=O) groups is 2. The fourth-order valence-corrected chi connectivity index (χ4v) is 5.75. The summed E-state index contributed by atoms with van der Waals surface area (Å²) in [5.74, 6) is -0.542. The molecule has 0 N–H and O–H groups in total. The Morgan fingerprint density at radius 2 is 1.57 bits per heavy atom. The van der Waals surface area contributed by atoms with E-state index in [1.807, 2.05) is 0 Å². The van der Waals surface area contributed by atoms with Crippen molar-refractivity contribution >= 4 is 52.1 Å². The van der Waals surface area contributed by atoms with Crippen molar-refractivity contribution in [2.45, 2.75) is 61.8 Å². The lowest BCUT2D eigenvalue weighted by Gasteiger charge is -2.22. The summed E-state index contributed by atoms with van der Waals surface area (Å²) in [5.41, 5.74) is -1.06. The van der Waals surface area contributed by atoms with Crippen LogP contribution in [-0.2, 0) is 39.1 Å². The standard InChI is InChI=1S/C23H33BrNO8PS/c1-14(2)11-16-17(25-21(24)35-16)18-15(9-10-29-18)34(28,32-12-30-19(26)22(3,4)5)33-13-31-20(27)23(6,7)8/h9-10,14H,11-13H2,1-8H3. The molecule has 2 aromatic rings. The van der Waals surface area contributed by atoms with Crippen molar-refractivity contribution in [1.82, 2.24) is 4.98 Å². The minimum Gasteiger partial charge on any atom is -0.462 e. The van der Waals surface area contributed by atoms with Crippen LogP contribution in [0.1, 0.15) is 60.3 Å². The summed E-state index contributed by atoms with van der Waals surface area (Å²) in [5, 5.41) is 0.0823. The van der Waals surface area contributed by atoms with Gasteiger partial charge in [0, 0.05) is 4.88 Å². The van der Waals surface area contributed by atoms with Crippen LogP contribution in [0.3, 0.4) is 0 Å². The van der Waals surface area contributed by atoms with Crippen LogP contribution in [0.2, 0.25) is 0 Å². The number of carbonyl (C=O) groups excluding carboxylic acids is 2. The Hall–Kier alpha value is -1.52. The number of furan rings is 1. The molecule has 2 heterocycles. The number of hydrogen-bond donors (Lipinski definition) is 0. The highest BCUT2D eigenvalue weighted by Crippen LogP contribution is 2.50. The van der Waals surface area contributed by atoms with E-state index in [0.717, 1.165) is 11.3 Å². The molecule has 0 spiro atoms. The van der Waals surface area contributed by atoms with Gasteiger partial charge in [-0.2, -0.15) is 0 Å². The van der Waals surface area contributed by atoms with Gasteiger partial charge in [0.2, 0.25) is 13.6 Å². The second-order valence-electron chi connectivity index (χ2n) is 10.3. The fourth-order valence-electron chi connectivity index (χ4n) is 2.61. The van der Waals surface area contributed by atoms with Crippen molar-refractivity contribution in [3.8, 4) is 11.5 Å². The number of halogens is 1. The lowest BCUT2D eigenvalue weighted by Crippen LogP contribution is -2.26. The first-order valence-electron chi connectivity index (χ1n) is 11.0. The summed E-state index contributed by atoms with van der Waals surface area (Å²) in [4.78, 5) is 29.7. The Bertz CT molecular complexity index is 1040. The highest BCUT2D eigenvalue weighted by molar-refractivity contribution is 9.11. The lowest BCUT2D eigenvalue weighted by molar-refractivity contribution is -0.161. The number of hydrogen-bond acceptors (Lipinski definition) is 10. The monoisotopic (exact) mass is 593 g/mol. The fraction of sp³-hybridized carbons (Fsp3) is 0.609. The first-order valence-corrected chi connectivity index (χ1v) is 14.2. The van der Waals surface area contributed by atoms with Crippen LogP contribution in [0.15, 0.2) is 20.7 Å². The number of esters is 2. The van der Waals surface area contributed by atoms with Crippen LogP contribution < -0.4 is 5.30 Å². The van der Waals surface area contributed by atoms with Gasteiger partial charge in [-0.3, -0.25) is 23.2 Å². The summed E-state index contributed by atoms with van der Waals surface area (Å²) < 4.78 is 41.5. The summed E-state index contributed by atoms with van der Waals surface area (Å²) >= 11 is 4.85. The number of nitrogens with zero attached hydrogens (tertiary/aromatic N) is 1. The largest absolute Gasteiger partial charge is 0.462 e. The van der Waals surface area contributed by atoms with E-state index in [1.54, 1.807) is 41.5 Å². The summed E-state index contributed by atoms with van der Waals surface area (Å²) in [7, 11) is -4.19. The van der Waals surface area contributed by atoms with E-state index >= 15 is 0 Å². The number of aromatic nitrogens is 1. The van der Waals surface area contributed by atoms with E-state index < -0.39 is 44.0 Å². The van der Waals surface area contributed by atoms with E-state index in [2.05, 4.69) is 34.8 Å². The molecular formula is C23H33BrNO8PS. The minimum atomic E-state index is -4.19. The summed E-state index contributed by atoms with van der Waals surface area (Å²) in [6.07, 6.45) is 2.07. The first-order chi connectivity index (χ1) is 16.0. The van der Waals surface area contributed by atoms with Crippen molar-refractivity contribution in [1.29, 1.82) is 0 Å². The highest BCUT2D eigenvalue weighted by Gasteiger charge is 2.37. The molecule has 0 aliphatic carbocycles. The third-order valence-electron chi connectivity index (χ3n) is 4.47. The van der Waals surface area contributed by atoms with E-state index in [0.29, 0.717) is 15.5 Å². The van der Waals surface area contributed by atoms with Gasteiger partial charge >= 0.3 is 19.5 Å². The molecule has 0 saturated heterocycles. The first kappa shape index (κ1) is 29.7. The molecule has 0 aliphatic heterocycles. The molecule has 2 aromatic heterocycles. The van der Waals surface area contributed by atoms with Crippen molar-refractivity contribution in [3.05, 3.63) is 21.1 Å². The smallest absolute Gasteiger partial charge is 0.371 e. The maximum Gasteiger partial charge on any atom is 0.371 e. The lowest BCUT2D eigenvalue weighted by atomic mass is 9.98. The van der Waals surface area contributed by atoms with Crippen LogP contribution in [0.5, 0.6) is 0 Å². The number of thiazole rings is 1. The zero-order chi connectivity index (χ0) is 26.6. The molecule has 0 unspecified atom stereocenters. The quantitative estimate of drug-likeness (QED) is 0.177. The van der Waals surface area contributed by atoms with Crippen molar-refractivity contribution in [2.24, 2.45) is 16.7 Å². The van der Waals surface area contributed by atoms with Gasteiger partial charge < -0.3 is 13.9 Å². The molecule has 0 atom stereocenters. The van der Waals surface area contributed by atoms with Crippen LogP contribution in [0.25, 0.3) is 11.5 Å². The normalized spacial score (nSPS) is 12.7. The SMILES string of the molecule is CC(C)Cc1sc(Br)nc1-c1occc1P(=O)(OCOC(=O)C(C)(C)C)OCOC(=O)C(C)(C)C. The van der Waals surface area contributed by atoms with Gasteiger partial charge in [0.15, 0.2) is 9.68 Å². The minimum absolute atomic E-state index is 0.0823. The highest BCUT2D eigenvalue weighted by atomic mass is 79.9. The zero-order valence-corrected chi connectivity index (χ0v) is 24.6. The van der Waals surface area contributed by atoms with Gasteiger partial charge in [0.05, 0.1) is 17.1 Å². The van der Waals surface area contributed by atoms with E-state index in [1.165, 1.54) is 23.7 Å². The molecule has 12 heteroatoms. The van der Waals surface area contributed by atoms with Crippen LogP contribution in [0.4, 0.5) is 0 Å². The second kappa shape index (κ2) is 11.7. The van der Waals surface area contributed by atoms with Crippen LogP contribution in [0, 0.1) is 16.7 Å². The average Bonchev–Trinajstić information content (AvgIpc) is 3.32. The third kappa shape index (κ3) is 8.25. The van der Waals surface area contributed by atoms with Crippen LogP contribution in [-0.4, -0.2) is 30.5 Å². The van der Waals surface area contributed by atoms with E-state index in [-0.39, 0.29) is 11.1 Å². The molecule has 0 aliphatic rings. The predicted molar refractivity (Wildman–Crippen MR) is 136 cm³/mol. The topological polar surface area (TPSA) is 114 Å². The van der Waals surface area contributed by atoms with Gasteiger partial charge in [0.25, 0.3) is 0 Å². The zero-order valence-electron chi connectivity index (χ0n) is 21.3. The van der Waals surface area contributed by atoms with E-state index in [9.17, 15) is 14.2 Å². The predicted octanol–water partition coefficient (Wildman–Crippen LogP) is 6.31. The molecule has 0 fully saturated rings. The molecule has 35 heavy (non-hydrogen) atoms. The Labute approximate surface area is 218 Å². The molecule has 0 bridgehead atoms. The Morgan fingerprint density at radius 3 is 2.03 bits per heavy atom. The molecule has 196 valence electrons. The molecule has 0 amide bonds. The number of rotatable bonds is 10. The van der Waals surface area contributed by atoms with Crippen molar-refractivity contribution < 1.29 is 37.1 Å². The van der Waals surface area contributed by atoms with Gasteiger partial charge in [-0.15, -0.1) is 11.3 Å². The maximum atomic E-state index is 13.9. The van der Waals surface area contributed by atoms with Crippen LogP contribution >= 0.6 is 34.9 Å². The molecule has 9 nitrogen and oxygen atoms in total. The average molecular weight is 594 g/mol. The van der Waals surface area contributed by atoms with Gasteiger partial charge in [-0.1, -0.05) is 13.8 Å². The Kier molecular flexibility index (Phi) is 9.92. The summed E-state index contributed by atoms with van der Waals surface area (Å²) in [6, 6.07) is 1.44. The molecule has 2 rings (SSSR count). The molecule has 0 radical (unpaired) electrons. The van der Waals surface area contributed by atoms with E-state index in [4.69, 9.17) is 22.9 Å². The summed E-state index contributed by atoms with van der Waals surface area (Å²) in [6.45, 7) is 13.0. The molecule has 0 saturated carbocycles. The third-order valence-corrected chi connectivity index (χ3v) is 7.83. The second-order valence-corrected chi connectivity index (χ2v) is 14.7. The Balaban J connectivity index is 2.37. The van der Waals surface area contributed by atoms with Gasteiger partial charge in [-0.25, -0.2) is 4.98 Å². The Morgan fingerprint density at radius 1 is 1.06 bits per heavy atom. The van der Waals surface area contributed by atoms with Gasteiger partial charge in [-0.05, 0) is 75.9 Å². The van der Waals surface area contributed by atoms with Gasteiger partial charge in [0.1, 0.15) is 11.0 Å². The van der Waals surface area contributed by atoms with Crippen molar-refractivity contribution in [3.63, 3.8) is 0 Å². The molecular weight excluding hydrogens is 561 g/mol. The molecule has 0 aromatic carbocycles.